The summed E-state index contributed by atoms with van der Waals surface area (Å²) in [6.45, 7) is 9.49. The second-order valence-corrected chi connectivity index (χ2v) is 4.96. The van der Waals surface area contributed by atoms with Crippen LogP contribution in [0.1, 0.15) is 40.0 Å². The molecule has 0 aromatic carbocycles. The van der Waals surface area contributed by atoms with E-state index in [0.29, 0.717) is 0 Å². The third-order valence-electron chi connectivity index (χ3n) is 3.22. The lowest BCUT2D eigenvalue weighted by atomic mass is 10.0. The Kier molecular flexibility index (Phi) is 3.74. The molecule has 2 unspecified atom stereocenters. The Morgan fingerprint density at radius 2 is 2.15 bits per heavy atom. The van der Waals surface area contributed by atoms with Crippen LogP contribution in [0.25, 0.3) is 0 Å². The molecule has 78 valence electrons. The van der Waals surface area contributed by atoms with Gasteiger partial charge in [-0.2, -0.15) is 5.43 Å². The third-order valence-corrected chi connectivity index (χ3v) is 3.22. The summed E-state index contributed by atoms with van der Waals surface area (Å²) in [6, 6.07) is 0.738. The zero-order valence-electron chi connectivity index (χ0n) is 9.64. The fraction of sp³-hybridized carbons (Fsp3) is 1.00. The van der Waals surface area contributed by atoms with Gasteiger partial charge in [-0.15, -0.1) is 0 Å². The minimum absolute atomic E-state index is 0.738. The second kappa shape index (κ2) is 4.43. The summed E-state index contributed by atoms with van der Waals surface area (Å²) in [5.74, 6) is 0.779. The number of nitrogens with one attached hydrogen (secondary N) is 1. The van der Waals surface area contributed by atoms with Crippen molar-refractivity contribution in [3.8, 4) is 0 Å². The van der Waals surface area contributed by atoms with Crippen molar-refractivity contribution in [2.24, 2.45) is 5.92 Å². The van der Waals surface area contributed by atoms with Gasteiger partial charge >= 0.3 is 0 Å². The van der Waals surface area contributed by atoms with E-state index in [0.717, 1.165) is 16.6 Å². The number of unbranched alkanes of at least 4 members (excludes halogenated alkanes) is 1. The number of hydrogen-bond donors (Lipinski definition) is 1. The summed E-state index contributed by atoms with van der Waals surface area (Å²) in [7, 11) is 2.33. The topological polar surface area (TPSA) is 12.0 Å². The molecule has 0 radical (unpaired) electrons. The van der Waals surface area contributed by atoms with Crippen molar-refractivity contribution < 1.29 is 4.59 Å². The first-order valence-corrected chi connectivity index (χ1v) is 5.70. The van der Waals surface area contributed by atoms with E-state index in [-0.39, 0.29) is 0 Å². The van der Waals surface area contributed by atoms with Crippen molar-refractivity contribution in [1.82, 2.24) is 5.43 Å². The summed E-state index contributed by atoms with van der Waals surface area (Å²) in [5, 5.41) is 0. The van der Waals surface area contributed by atoms with Crippen LogP contribution in [0.4, 0.5) is 0 Å². The monoisotopic (exact) mass is 185 g/mol. The Morgan fingerprint density at radius 1 is 1.46 bits per heavy atom. The second-order valence-electron chi connectivity index (χ2n) is 4.96. The molecule has 1 aliphatic heterocycles. The molecule has 1 heterocycles. The molecule has 0 aliphatic carbocycles. The molecule has 13 heavy (non-hydrogen) atoms. The van der Waals surface area contributed by atoms with Crippen molar-refractivity contribution in [3.05, 3.63) is 0 Å². The van der Waals surface area contributed by atoms with E-state index < -0.39 is 0 Å². The highest BCUT2D eigenvalue weighted by molar-refractivity contribution is 4.70. The summed E-state index contributed by atoms with van der Waals surface area (Å²) in [4.78, 5) is 0. The van der Waals surface area contributed by atoms with Crippen molar-refractivity contribution in [1.29, 1.82) is 0 Å². The number of nitrogens with zero attached hydrogens (tertiary/aromatic N) is 1. The first kappa shape index (κ1) is 11.0. The summed E-state index contributed by atoms with van der Waals surface area (Å²) in [5.41, 5.74) is 3.74. The standard InChI is InChI=1S/C11H25N2/c1-5-6-8-13(4)9-7-11(12-13)10(2)3/h10-12H,5-9H2,1-4H3/q+1. The van der Waals surface area contributed by atoms with E-state index in [1.165, 1.54) is 32.4 Å². The average molecular weight is 185 g/mol. The molecule has 0 amide bonds. The van der Waals surface area contributed by atoms with E-state index in [9.17, 15) is 0 Å². The lowest BCUT2D eigenvalue weighted by molar-refractivity contribution is -0.941. The highest BCUT2D eigenvalue weighted by atomic mass is 15.7. The average Bonchev–Trinajstić information content (AvgIpc) is 2.46. The van der Waals surface area contributed by atoms with Crippen molar-refractivity contribution in [2.45, 2.75) is 46.1 Å². The molecule has 0 saturated carbocycles. The van der Waals surface area contributed by atoms with Crippen LogP contribution >= 0.6 is 0 Å². The van der Waals surface area contributed by atoms with Crippen LogP contribution in [0.5, 0.6) is 0 Å². The first-order chi connectivity index (χ1) is 6.07. The zero-order chi connectivity index (χ0) is 9.90. The van der Waals surface area contributed by atoms with Gasteiger partial charge in [-0.25, -0.2) is 4.59 Å². The van der Waals surface area contributed by atoms with Crippen LogP contribution in [0.2, 0.25) is 0 Å². The molecule has 0 aromatic rings. The maximum absolute atomic E-state index is 3.74. The molecule has 1 rings (SSSR count). The first-order valence-electron chi connectivity index (χ1n) is 5.70. The Hall–Kier alpha value is -0.0800. The molecule has 1 N–H and O–H groups in total. The zero-order valence-corrected chi connectivity index (χ0v) is 9.64. The van der Waals surface area contributed by atoms with E-state index in [4.69, 9.17) is 0 Å². The molecule has 1 saturated heterocycles. The predicted octanol–water partition coefficient (Wildman–Crippen LogP) is 2.17. The lowest BCUT2D eigenvalue weighted by Gasteiger charge is -2.29. The molecule has 2 atom stereocenters. The van der Waals surface area contributed by atoms with Gasteiger partial charge in [0.2, 0.25) is 0 Å². The summed E-state index contributed by atoms with van der Waals surface area (Å²) in [6.07, 6.45) is 3.99. The van der Waals surface area contributed by atoms with Gasteiger partial charge in [0.1, 0.15) is 0 Å². The molecule has 1 aliphatic rings. The quantitative estimate of drug-likeness (QED) is 0.662. The van der Waals surface area contributed by atoms with Gasteiger partial charge in [0.25, 0.3) is 0 Å². The fourth-order valence-corrected chi connectivity index (χ4v) is 2.12. The van der Waals surface area contributed by atoms with Gasteiger partial charge in [0.15, 0.2) is 0 Å². The number of hydrogen-bond acceptors (Lipinski definition) is 1. The van der Waals surface area contributed by atoms with Crippen LogP contribution < -0.4 is 5.43 Å². The Morgan fingerprint density at radius 3 is 2.62 bits per heavy atom. The SMILES string of the molecule is CCCC[N+]1(C)CCC(C(C)C)N1. The fourth-order valence-electron chi connectivity index (χ4n) is 2.12. The number of quaternary nitrogens is 1. The maximum Gasteiger partial charge on any atom is 0.0977 e. The highest BCUT2D eigenvalue weighted by Crippen LogP contribution is 2.19. The van der Waals surface area contributed by atoms with E-state index in [1.54, 1.807) is 0 Å². The normalized spacial score (nSPS) is 34.4. The van der Waals surface area contributed by atoms with Crippen molar-refractivity contribution in [3.63, 3.8) is 0 Å². The lowest BCUT2D eigenvalue weighted by Crippen LogP contribution is -2.53. The van der Waals surface area contributed by atoms with Gasteiger partial charge < -0.3 is 0 Å². The molecule has 2 nitrogen and oxygen atoms in total. The van der Waals surface area contributed by atoms with Gasteiger partial charge in [-0.05, 0) is 12.3 Å². The van der Waals surface area contributed by atoms with E-state index in [1.807, 2.05) is 0 Å². The molecular weight excluding hydrogens is 160 g/mol. The summed E-state index contributed by atoms with van der Waals surface area (Å²) >= 11 is 0. The van der Waals surface area contributed by atoms with Crippen LogP contribution in [-0.4, -0.2) is 30.8 Å². The van der Waals surface area contributed by atoms with E-state index in [2.05, 4.69) is 33.2 Å². The molecule has 1 fully saturated rings. The van der Waals surface area contributed by atoms with Crippen LogP contribution in [0.3, 0.4) is 0 Å². The Labute approximate surface area is 82.9 Å². The molecule has 2 heteroatoms. The van der Waals surface area contributed by atoms with Crippen molar-refractivity contribution >= 4 is 0 Å². The predicted molar refractivity (Wildman–Crippen MR) is 57.2 cm³/mol. The third kappa shape index (κ3) is 2.96. The maximum atomic E-state index is 3.74. The molecule has 0 bridgehead atoms. The Balaban J connectivity index is 2.37. The number of rotatable bonds is 4. The molecule has 0 spiro atoms. The highest BCUT2D eigenvalue weighted by Gasteiger charge is 2.34. The van der Waals surface area contributed by atoms with Gasteiger partial charge in [0.05, 0.1) is 26.2 Å². The van der Waals surface area contributed by atoms with Gasteiger partial charge in [0, 0.05) is 6.42 Å². The Bertz CT molecular complexity index is 156. The summed E-state index contributed by atoms with van der Waals surface area (Å²) < 4.78 is 1.09. The largest absolute Gasteiger partial charge is 0.248 e. The van der Waals surface area contributed by atoms with Gasteiger partial charge in [-0.3, -0.25) is 0 Å². The molecular formula is C11H25N2+. The van der Waals surface area contributed by atoms with Gasteiger partial charge in [-0.1, -0.05) is 27.2 Å². The van der Waals surface area contributed by atoms with E-state index >= 15 is 0 Å². The smallest absolute Gasteiger partial charge is 0.0977 e. The van der Waals surface area contributed by atoms with Crippen LogP contribution in [0.15, 0.2) is 0 Å². The minimum Gasteiger partial charge on any atom is -0.248 e. The van der Waals surface area contributed by atoms with Crippen LogP contribution in [-0.2, 0) is 0 Å². The van der Waals surface area contributed by atoms with Crippen LogP contribution in [0, 0.1) is 5.92 Å². The minimum atomic E-state index is 0.738. The molecule has 0 aromatic heterocycles. The van der Waals surface area contributed by atoms with Crippen molar-refractivity contribution in [2.75, 3.05) is 20.1 Å².